The van der Waals surface area contributed by atoms with Crippen molar-refractivity contribution in [2.24, 2.45) is 5.73 Å². The summed E-state index contributed by atoms with van der Waals surface area (Å²) in [6.45, 7) is 0.287. The fourth-order valence-electron chi connectivity index (χ4n) is 2.26. The Labute approximate surface area is 127 Å². The fraction of sp³-hybridized carbons (Fsp3) is 0.900. The summed E-state index contributed by atoms with van der Waals surface area (Å²) in [4.78, 5) is 10.8. The molecular formula is C10H26N2O7Si2. The third kappa shape index (κ3) is 4.72. The Morgan fingerprint density at radius 3 is 1.48 bits per heavy atom. The number of carbonyl (C=O) groups excluding carboxylic acids is 1. The highest BCUT2D eigenvalue weighted by atomic mass is 28.5. The Morgan fingerprint density at radius 1 is 0.905 bits per heavy atom. The summed E-state index contributed by atoms with van der Waals surface area (Å²) in [5, 5.41) is 2.10. The van der Waals surface area contributed by atoms with Crippen molar-refractivity contribution in [3.05, 3.63) is 0 Å². The van der Waals surface area contributed by atoms with Crippen LogP contribution < -0.4 is 11.1 Å². The molecule has 0 aromatic heterocycles. The molecule has 0 fully saturated rings. The molecule has 2 amide bonds. The van der Waals surface area contributed by atoms with Gasteiger partial charge in [-0.2, -0.15) is 0 Å². The maximum Gasteiger partial charge on any atom is 0.508 e. The average molecular weight is 342 g/mol. The van der Waals surface area contributed by atoms with E-state index in [9.17, 15) is 4.79 Å². The highest BCUT2D eigenvalue weighted by Crippen LogP contribution is 2.37. The van der Waals surface area contributed by atoms with Gasteiger partial charge in [-0.15, -0.1) is 0 Å². The Morgan fingerprint density at radius 2 is 1.24 bits per heavy atom. The lowest BCUT2D eigenvalue weighted by molar-refractivity contribution is 0.0783. The maximum absolute atomic E-state index is 10.8. The first-order valence-corrected chi connectivity index (χ1v) is 9.86. The van der Waals surface area contributed by atoms with Gasteiger partial charge in [0.15, 0.2) is 0 Å². The van der Waals surface area contributed by atoms with Gasteiger partial charge in [-0.05, 0) is 6.42 Å². The molecule has 0 saturated carbocycles. The van der Waals surface area contributed by atoms with E-state index in [0.717, 1.165) is 0 Å². The number of rotatable bonds is 11. The van der Waals surface area contributed by atoms with Gasteiger partial charge in [-0.3, -0.25) is 0 Å². The molecule has 11 heteroatoms. The van der Waals surface area contributed by atoms with Gasteiger partial charge in [0.05, 0.1) is 0 Å². The first-order valence-electron chi connectivity index (χ1n) is 6.26. The molecule has 0 bridgehead atoms. The van der Waals surface area contributed by atoms with Crippen molar-refractivity contribution in [3.8, 4) is 0 Å². The summed E-state index contributed by atoms with van der Waals surface area (Å²) in [6, 6.07) is -0.618. The quantitative estimate of drug-likeness (QED) is 0.496. The van der Waals surface area contributed by atoms with E-state index in [1.54, 1.807) is 0 Å². The van der Waals surface area contributed by atoms with Gasteiger partial charge in [0.1, 0.15) is 5.16 Å². The van der Waals surface area contributed by atoms with Crippen molar-refractivity contribution in [1.82, 2.24) is 5.32 Å². The molecule has 0 rings (SSSR count). The van der Waals surface area contributed by atoms with E-state index in [4.69, 9.17) is 32.3 Å². The average Bonchev–Trinajstić information content (AvgIpc) is 2.50. The molecule has 126 valence electrons. The first kappa shape index (κ1) is 20.5. The van der Waals surface area contributed by atoms with Crippen LogP contribution in [-0.2, 0) is 26.6 Å². The smallest absolute Gasteiger partial charge is 0.377 e. The molecule has 0 atom stereocenters. The molecule has 21 heavy (non-hydrogen) atoms. The van der Waals surface area contributed by atoms with E-state index in [1.165, 1.54) is 42.7 Å². The van der Waals surface area contributed by atoms with Crippen LogP contribution >= 0.6 is 0 Å². The van der Waals surface area contributed by atoms with E-state index in [1.807, 2.05) is 0 Å². The van der Waals surface area contributed by atoms with Crippen LogP contribution in [0.2, 0.25) is 5.16 Å². The van der Waals surface area contributed by atoms with E-state index in [2.05, 4.69) is 5.32 Å². The number of nitrogens with one attached hydrogen (secondary N) is 1. The molecule has 0 radical (unpaired) electrons. The molecule has 0 aliphatic rings. The van der Waals surface area contributed by atoms with Gasteiger partial charge in [0, 0.05) is 49.2 Å². The number of amides is 2. The van der Waals surface area contributed by atoms with Crippen molar-refractivity contribution < 1.29 is 31.4 Å². The predicted octanol–water partition coefficient (Wildman–Crippen LogP) is -0.290. The van der Waals surface area contributed by atoms with Crippen molar-refractivity contribution in [3.63, 3.8) is 0 Å². The number of carbonyl (C=O) groups is 1. The molecule has 0 aliphatic carbocycles. The highest BCUT2D eigenvalue weighted by Gasteiger charge is 2.63. The number of primary amides is 1. The number of hydrogen-bond acceptors (Lipinski definition) is 7. The normalized spacial score (nSPS) is 12.7. The van der Waals surface area contributed by atoms with Gasteiger partial charge in [-0.25, -0.2) is 4.79 Å². The summed E-state index contributed by atoms with van der Waals surface area (Å²) >= 11 is 0. The highest BCUT2D eigenvalue weighted by molar-refractivity contribution is 6.82. The lowest BCUT2D eigenvalue weighted by Crippen LogP contribution is -2.62. The van der Waals surface area contributed by atoms with Crippen LogP contribution in [0.1, 0.15) is 6.42 Å². The SMILES string of the molecule is CO[Si](OC)(OC)C(CCNC(N)=O)[Si](OC)(OC)OC. The number of hydrogen-bond donors (Lipinski definition) is 2. The maximum atomic E-state index is 10.8. The minimum absolute atomic E-state index is 0.287. The number of nitrogens with two attached hydrogens (primary N) is 1. The Balaban J connectivity index is 5.47. The minimum Gasteiger partial charge on any atom is -0.377 e. The molecule has 0 aromatic carbocycles. The second-order valence-corrected chi connectivity index (χ2v) is 10.9. The molecule has 0 saturated heterocycles. The van der Waals surface area contributed by atoms with E-state index >= 15 is 0 Å². The van der Waals surface area contributed by atoms with Gasteiger partial charge >= 0.3 is 23.6 Å². The van der Waals surface area contributed by atoms with Gasteiger partial charge in [0.25, 0.3) is 0 Å². The zero-order chi connectivity index (χ0) is 16.5. The van der Waals surface area contributed by atoms with Crippen molar-refractivity contribution in [2.75, 3.05) is 49.2 Å². The lowest BCUT2D eigenvalue weighted by atomic mass is 10.5. The summed E-state index contributed by atoms with van der Waals surface area (Å²) < 4.78 is 33.1. The standard InChI is InChI=1S/C10H26N2O7Si2/c1-14-20(15-2,16-3)9(7-8-12-10(11)13)21(17-4,18-5)19-6/h9H,7-8H2,1-6H3,(H3,11,12,13). The van der Waals surface area contributed by atoms with Crippen LogP contribution in [0, 0.1) is 0 Å². The third-order valence-electron chi connectivity index (χ3n) is 3.29. The van der Waals surface area contributed by atoms with E-state index < -0.39 is 28.8 Å². The summed E-state index contributed by atoms with van der Waals surface area (Å²) in [5.41, 5.74) is 5.08. The zero-order valence-electron chi connectivity index (χ0n) is 13.4. The lowest BCUT2D eigenvalue weighted by Gasteiger charge is -2.39. The summed E-state index contributed by atoms with van der Waals surface area (Å²) in [7, 11) is 2.72. The van der Waals surface area contributed by atoms with Crippen molar-refractivity contribution >= 4 is 23.6 Å². The molecule has 0 heterocycles. The molecule has 0 unspecified atom stereocenters. The van der Waals surface area contributed by atoms with Crippen molar-refractivity contribution in [2.45, 2.75) is 11.6 Å². The number of urea groups is 1. The predicted molar refractivity (Wildman–Crippen MR) is 79.5 cm³/mol. The molecule has 0 aromatic rings. The Kier molecular flexibility index (Phi) is 9.23. The van der Waals surface area contributed by atoms with E-state index in [-0.39, 0.29) is 6.54 Å². The van der Waals surface area contributed by atoms with Crippen LogP contribution in [0.3, 0.4) is 0 Å². The summed E-state index contributed by atoms with van der Waals surface area (Å²) in [5.74, 6) is 0. The topological polar surface area (TPSA) is 111 Å². The van der Waals surface area contributed by atoms with Gasteiger partial charge in [-0.1, -0.05) is 0 Å². The first-order chi connectivity index (χ1) is 9.91. The fourth-order valence-corrected chi connectivity index (χ4v) is 9.82. The zero-order valence-corrected chi connectivity index (χ0v) is 15.4. The monoisotopic (exact) mass is 342 g/mol. The van der Waals surface area contributed by atoms with Crippen LogP contribution in [0.15, 0.2) is 0 Å². The second kappa shape index (κ2) is 9.47. The molecular weight excluding hydrogens is 316 g/mol. The third-order valence-corrected chi connectivity index (χ3v) is 11.1. The molecule has 0 aliphatic heterocycles. The Bertz CT molecular complexity index is 277. The minimum atomic E-state index is -3.12. The second-order valence-electron chi connectivity index (χ2n) is 4.06. The Hall–Kier alpha value is -0.536. The van der Waals surface area contributed by atoms with Crippen LogP contribution in [-0.4, -0.2) is 72.8 Å². The van der Waals surface area contributed by atoms with E-state index in [0.29, 0.717) is 6.42 Å². The van der Waals surface area contributed by atoms with Crippen LogP contribution in [0.25, 0.3) is 0 Å². The largest absolute Gasteiger partial charge is 0.508 e. The molecule has 3 N–H and O–H groups in total. The van der Waals surface area contributed by atoms with Crippen LogP contribution in [0.4, 0.5) is 4.79 Å². The van der Waals surface area contributed by atoms with Crippen LogP contribution in [0.5, 0.6) is 0 Å². The van der Waals surface area contributed by atoms with Crippen molar-refractivity contribution in [1.29, 1.82) is 0 Å². The van der Waals surface area contributed by atoms with Gasteiger partial charge < -0.3 is 37.6 Å². The summed E-state index contributed by atoms with van der Waals surface area (Å²) in [6.07, 6.45) is 0.409. The molecule has 0 spiro atoms. The van der Waals surface area contributed by atoms with Gasteiger partial charge in [0.2, 0.25) is 0 Å². The molecule has 9 nitrogen and oxygen atoms in total.